The van der Waals surface area contributed by atoms with Gasteiger partial charge in [-0.2, -0.15) is 5.10 Å². The van der Waals surface area contributed by atoms with Crippen LogP contribution in [0.5, 0.6) is 5.75 Å². The van der Waals surface area contributed by atoms with Gasteiger partial charge in [0.05, 0.1) is 17.8 Å². The van der Waals surface area contributed by atoms with Crippen molar-refractivity contribution in [3.63, 3.8) is 0 Å². The molecule has 1 aliphatic heterocycles. The molecule has 1 aromatic carbocycles. The van der Waals surface area contributed by atoms with Crippen molar-refractivity contribution in [2.24, 2.45) is 7.05 Å². The van der Waals surface area contributed by atoms with E-state index in [1.165, 1.54) is 12.1 Å². The largest absolute Gasteiger partial charge is 0.489 e. The minimum Gasteiger partial charge on any atom is -0.489 e. The summed E-state index contributed by atoms with van der Waals surface area (Å²) in [5, 5.41) is 7.42. The summed E-state index contributed by atoms with van der Waals surface area (Å²) in [4.78, 5) is 4.47. The quantitative estimate of drug-likeness (QED) is 0.781. The molecule has 1 N–H and O–H groups in total. The Hall–Kier alpha value is -2.60. The number of hydrogen-bond donors (Lipinski definition) is 1. The van der Waals surface area contributed by atoms with Gasteiger partial charge in [0.1, 0.15) is 5.82 Å². The molecule has 7 heteroatoms. The summed E-state index contributed by atoms with van der Waals surface area (Å²) in [5.41, 5.74) is 3.76. The maximum atomic E-state index is 13.3. The highest BCUT2D eigenvalue weighted by Gasteiger charge is 2.23. The number of aromatic nitrogens is 3. The van der Waals surface area contributed by atoms with Crippen molar-refractivity contribution in [1.29, 1.82) is 0 Å². The van der Waals surface area contributed by atoms with Crippen molar-refractivity contribution in [3.8, 4) is 16.9 Å². The number of halogens is 2. The van der Waals surface area contributed by atoms with Crippen LogP contribution in [0.15, 0.2) is 36.8 Å². The number of hydrogen-bond acceptors (Lipinski definition) is 4. The fourth-order valence-electron chi connectivity index (χ4n) is 2.80. The zero-order valence-corrected chi connectivity index (χ0v) is 13.6. The molecule has 0 spiro atoms. The normalized spacial score (nSPS) is 12.8. The predicted octanol–water partition coefficient (Wildman–Crippen LogP) is 3.95. The molecule has 24 heavy (non-hydrogen) atoms. The van der Waals surface area contributed by atoms with Gasteiger partial charge < -0.3 is 10.1 Å². The lowest BCUT2D eigenvalue weighted by Gasteiger charge is -2.12. The Bertz CT molecular complexity index is 925. The molecule has 1 aliphatic rings. The zero-order valence-electron chi connectivity index (χ0n) is 12.9. The van der Waals surface area contributed by atoms with E-state index in [1.54, 1.807) is 16.9 Å². The average Bonchev–Trinajstić information content (AvgIpc) is 3.20. The molecule has 0 amide bonds. The number of anilines is 2. The van der Waals surface area contributed by atoms with Crippen LogP contribution in [0.1, 0.15) is 5.56 Å². The molecule has 0 fully saturated rings. The Morgan fingerprint density at radius 3 is 2.96 bits per heavy atom. The number of nitrogens with zero attached hydrogens (tertiary/aromatic N) is 3. The van der Waals surface area contributed by atoms with E-state index in [0.29, 0.717) is 18.1 Å². The fourth-order valence-corrected chi connectivity index (χ4v) is 2.98. The first kappa shape index (κ1) is 15.0. The molecule has 0 saturated heterocycles. The maximum absolute atomic E-state index is 13.3. The Kier molecular flexibility index (Phi) is 3.61. The van der Waals surface area contributed by atoms with Crippen LogP contribution in [0.2, 0.25) is 5.02 Å². The molecular formula is C17H14ClFN4O. The fraction of sp³-hybridized carbons (Fsp3) is 0.176. The van der Waals surface area contributed by atoms with Gasteiger partial charge in [0.15, 0.2) is 11.6 Å². The van der Waals surface area contributed by atoms with E-state index in [0.717, 1.165) is 28.9 Å². The maximum Gasteiger partial charge on any atom is 0.173 e. The summed E-state index contributed by atoms with van der Waals surface area (Å²) < 4.78 is 20.8. The SMILES string of the molecule is Cn1cc(-c2cnc(Nc3ccc(F)c(Cl)c3)c3c2CCO3)cn1. The van der Waals surface area contributed by atoms with Crippen LogP contribution in [-0.2, 0) is 13.5 Å². The topological polar surface area (TPSA) is 52.0 Å². The second-order valence-corrected chi connectivity index (χ2v) is 5.99. The molecule has 5 nitrogen and oxygen atoms in total. The van der Waals surface area contributed by atoms with Crippen molar-refractivity contribution >= 4 is 23.1 Å². The van der Waals surface area contributed by atoms with Gasteiger partial charge in [-0.3, -0.25) is 4.68 Å². The molecule has 4 rings (SSSR count). The number of rotatable bonds is 3. The number of fused-ring (bicyclic) bond motifs is 1. The first-order valence-electron chi connectivity index (χ1n) is 7.47. The molecule has 0 saturated carbocycles. The second-order valence-electron chi connectivity index (χ2n) is 5.58. The van der Waals surface area contributed by atoms with E-state index in [9.17, 15) is 4.39 Å². The molecule has 122 valence electrons. The summed E-state index contributed by atoms with van der Waals surface area (Å²) in [5.74, 6) is 0.859. The van der Waals surface area contributed by atoms with E-state index in [-0.39, 0.29) is 5.02 Å². The highest BCUT2D eigenvalue weighted by Crippen LogP contribution is 2.40. The monoisotopic (exact) mass is 344 g/mol. The van der Waals surface area contributed by atoms with Crippen molar-refractivity contribution in [3.05, 3.63) is 53.2 Å². The van der Waals surface area contributed by atoms with Gasteiger partial charge in [-0.05, 0) is 18.2 Å². The molecule has 0 aliphatic carbocycles. The van der Waals surface area contributed by atoms with E-state index < -0.39 is 5.82 Å². The third kappa shape index (κ3) is 2.59. The number of nitrogens with one attached hydrogen (secondary N) is 1. The van der Waals surface area contributed by atoms with Gasteiger partial charge in [0.25, 0.3) is 0 Å². The molecule has 0 atom stereocenters. The standard InChI is InChI=1S/C17H14ClFN4O/c1-23-9-10(7-21-23)13-8-20-17(16-12(13)4-5-24-16)22-11-2-3-15(19)14(18)6-11/h2-3,6-9H,4-5H2,1H3,(H,20,22). The van der Waals surface area contributed by atoms with Crippen molar-refractivity contribution in [1.82, 2.24) is 14.8 Å². The van der Waals surface area contributed by atoms with Crippen LogP contribution in [-0.4, -0.2) is 21.4 Å². The predicted molar refractivity (Wildman–Crippen MR) is 90.3 cm³/mol. The lowest BCUT2D eigenvalue weighted by molar-refractivity contribution is 0.357. The van der Waals surface area contributed by atoms with Gasteiger partial charge >= 0.3 is 0 Å². The third-order valence-electron chi connectivity index (χ3n) is 3.93. The minimum absolute atomic E-state index is 0.0598. The lowest BCUT2D eigenvalue weighted by atomic mass is 10.0. The molecule has 3 heterocycles. The summed E-state index contributed by atoms with van der Waals surface area (Å²) in [6.07, 6.45) is 6.36. The van der Waals surface area contributed by atoms with E-state index in [2.05, 4.69) is 15.4 Å². The van der Waals surface area contributed by atoms with Crippen LogP contribution in [0.25, 0.3) is 11.1 Å². The average molecular weight is 345 g/mol. The van der Waals surface area contributed by atoms with Gasteiger partial charge in [-0.25, -0.2) is 9.37 Å². The van der Waals surface area contributed by atoms with Crippen LogP contribution in [0.3, 0.4) is 0 Å². The Morgan fingerprint density at radius 2 is 2.21 bits per heavy atom. The van der Waals surface area contributed by atoms with Crippen molar-refractivity contribution < 1.29 is 9.13 Å². The number of benzene rings is 1. The minimum atomic E-state index is -0.455. The Morgan fingerprint density at radius 1 is 1.33 bits per heavy atom. The lowest BCUT2D eigenvalue weighted by Crippen LogP contribution is -1.98. The van der Waals surface area contributed by atoms with Crippen LogP contribution in [0.4, 0.5) is 15.9 Å². The van der Waals surface area contributed by atoms with E-state index >= 15 is 0 Å². The number of pyridine rings is 1. The second kappa shape index (κ2) is 5.79. The number of aryl methyl sites for hydroxylation is 1. The highest BCUT2D eigenvalue weighted by molar-refractivity contribution is 6.31. The van der Waals surface area contributed by atoms with Crippen molar-refractivity contribution in [2.75, 3.05) is 11.9 Å². The van der Waals surface area contributed by atoms with Gasteiger partial charge in [-0.15, -0.1) is 0 Å². The van der Waals surface area contributed by atoms with Crippen LogP contribution < -0.4 is 10.1 Å². The highest BCUT2D eigenvalue weighted by atomic mass is 35.5. The first-order chi connectivity index (χ1) is 11.6. The van der Waals surface area contributed by atoms with Crippen LogP contribution >= 0.6 is 11.6 Å². The summed E-state index contributed by atoms with van der Waals surface area (Å²) in [7, 11) is 1.88. The Labute approximate surface area is 143 Å². The molecule has 0 unspecified atom stereocenters. The van der Waals surface area contributed by atoms with Gasteiger partial charge in [-0.1, -0.05) is 11.6 Å². The van der Waals surface area contributed by atoms with E-state index in [4.69, 9.17) is 16.3 Å². The smallest absolute Gasteiger partial charge is 0.173 e. The summed E-state index contributed by atoms with van der Waals surface area (Å²) in [6.45, 7) is 0.604. The van der Waals surface area contributed by atoms with Crippen LogP contribution in [0, 0.1) is 5.82 Å². The molecule has 3 aromatic rings. The molecule has 2 aromatic heterocycles. The van der Waals surface area contributed by atoms with E-state index in [1.807, 2.05) is 19.4 Å². The van der Waals surface area contributed by atoms with Crippen molar-refractivity contribution in [2.45, 2.75) is 6.42 Å². The number of ether oxygens (including phenoxy) is 1. The molecule has 0 radical (unpaired) electrons. The zero-order chi connectivity index (χ0) is 16.7. The summed E-state index contributed by atoms with van der Waals surface area (Å²) in [6, 6.07) is 4.45. The summed E-state index contributed by atoms with van der Waals surface area (Å²) >= 11 is 5.83. The molecular weight excluding hydrogens is 331 g/mol. The molecule has 0 bridgehead atoms. The Balaban J connectivity index is 1.73. The third-order valence-corrected chi connectivity index (χ3v) is 4.22. The first-order valence-corrected chi connectivity index (χ1v) is 7.85. The van der Waals surface area contributed by atoms with Gasteiger partial charge in [0.2, 0.25) is 0 Å². The van der Waals surface area contributed by atoms with Gasteiger partial charge in [0, 0.05) is 48.2 Å².